The number of hydrogen-bond acceptors (Lipinski definition) is 2. The second kappa shape index (κ2) is 7.84. The number of ether oxygens (including phenoxy) is 1. The fourth-order valence-corrected chi connectivity index (χ4v) is 2.25. The van der Waals surface area contributed by atoms with E-state index >= 15 is 0 Å². The van der Waals surface area contributed by atoms with Gasteiger partial charge < -0.3 is 10.1 Å². The lowest BCUT2D eigenvalue weighted by Gasteiger charge is -2.21. The Morgan fingerprint density at radius 1 is 0.952 bits per heavy atom. The van der Waals surface area contributed by atoms with Crippen molar-refractivity contribution >= 4 is 0 Å². The number of rotatable bonds is 7. The van der Waals surface area contributed by atoms with Gasteiger partial charge in [-0.15, -0.1) is 0 Å². The zero-order valence-electron chi connectivity index (χ0n) is 13.2. The van der Waals surface area contributed by atoms with Gasteiger partial charge >= 0.3 is 0 Å². The minimum absolute atomic E-state index is 0.0340. The Balaban J connectivity index is 2.08. The molecule has 1 unspecified atom stereocenters. The Kier molecular flexibility index (Phi) is 5.82. The van der Waals surface area contributed by atoms with Crippen molar-refractivity contribution in [2.24, 2.45) is 5.92 Å². The zero-order chi connectivity index (χ0) is 15.1. The van der Waals surface area contributed by atoms with Crippen molar-refractivity contribution in [2.45, 2.75) is 26.9 Å². The molecule has 0 saturated carbocycles. The van der Waals surface area contributed by atoms with Gasteiger partial charge in [0, 0.05) is 6.54 Å². The normalized spacial score (nSPS) is 12.4. The third-order valence-corrected chi connectivity index (χ3v) is 3.32. The van der Waals surface area contributed by atoms with Crippen molar-refractivity contribution in [1.82, 2.24) is 5.32 Å². The SMILES string of the molecule is Cc1cccc(OC(CNCC(C)C)c2ccccc2)c1. The topological polar surface area (TPSA) is 21.3 Å². The van der Waals surface area contributed by atoms with Crippen molar-refractivity contribution in [3.63, 3.8) is 0 Å². The van der Waals surface area contributed by atoms with Crippen LogP contribution in [0.3, 0.4) is 0 Å². The fraction of sp³-hybridized carbons (Fsp3) is 0.368. The van der Waals surface area contributed by atoms with Crippen molar-refractivity contribution in [3.8, 4) is 5.75 Å². The van der Waals surface area contributed by atoms with Gasteiger partial charge in [-0.1, -0.05) is 56.3 Å². The maximum absolute atomic E-state index is 6.20. The van der Waals surface area contributed by atoms with Gasteiger partial charge in [-0.05, 0) is 42.6 Å². The molecule has 0 spiro atoms. The van der Waals surface area contributed by atoms with Gasteiger partial charge in [0.05, 0.1) is 0 Å². The first-order chi connectivity index (χ1) is 10.1. The van der Waals surface area contributed by atoms with Gasteiger partial charge in [0.2, 0.25) is 0 Å². The summed E-state index contributed by atoms with van der Waals surface area (Å²) in [5, 5.41) is 3.49. The summed E-state index contributed by atoms with van der Waals surface area (Å²) < 4.78 is 6.20. The largest absolute Gasteiger partial charge is 0.484 e. The van der Waals surface area contributed by atoms with E-state index in [0.29, 0.717) is 5.92 Å². The van der Waals surface area contributed by atoms with Gasteiger partial charge in [0.25, 0.3) is 0 Å². The molecule has 2 aromatic carbocycles. The van der Waals surface area contributed by atoms with Crippen LogP contribution in [0.2, 0.25) is 0 Å². The summed E-state index contributed by atoms with van der Waals surface area (Å²) in [5.41, 5.74) is 2.42. The molecule has 2 aromatic rings. The molecule has 0 aromatic heterocycles. The molecule has 0 aliphatic heterocycles. The monoisotopic (exact) mass is 283 g/mol. The van der Waals surface area contributed by atoms with Crippen LogP contribution in [0.4, 0.5) is 0 Å². The fourth-order valence-electron chi connectivity index (χ4n) is 2.25. The van der Waals surface area contributed by atoms with E-state index < -0.39 is 0 Å². The molecule has 2 heteroatoms. The van der Waals surface area contributed by atoms with E-state index in [1.54, 1.807) is 0 Å². The van der Waals surface area contributed by atoms with Gasteiger partial charge in [-0.25, -0.2) is 0 Å². The molecular weight excluding hydrogens is 258 g/mol. The predicted octanol–water partition coefficient (Wildman–Crippen LogP) is 4.36. The van der Waals surface area contributed by atoms with E-state index in [9.17, 15) is 0 Å². The molecule has 1 atom stereocenters. The Hall–Kier alpha value is -1.80. The van der Waals surface area contributed by atoms with Crippen LogP contribution in [0.5, 0.6) is 5.75 Å². The Labute approximate surface area is 128 Å². The first-order valence-corrected chi connectivity index (χ1v) is 7.64. The van der Waals surface area contributed by atoms with Crippen LogP contribution in [0.1, 0.15) is 31.1 Å². The minimum atomic E-state index is 0.0340. The standard InChI is InChI=1S/C19H25NO/c1-15(2)13-20-14-19(17-9-5-4-6-10-17)21-18-11-7-8-16(3)12-18/h4-12,15,19-20H,13-14H2,1-3H3. The van der Waals surface area contributed by atoms with E-state index in [2.05, 4.69) is 62.5 Å². The number of benzene rings is 2. The second-order valence-electron chi connectivity index (χ2n) is 5.89. The third kappa shape index (κ3) is 5.24. The summed E-state index contributed by atoms with van der Waals surface area (Å²) in [4.78, 5) is 0. The van der Waals surface area contributed by atoms with Crippen LogP contribution in [0.15, 0.2) is 54.6 Å². The third-order valence-electron chi connectivity index (χ3n) is 3.32. The maximum Gasteiger partial charge on any atom is 0.136 e. The first-order valence-electron chi connectivity index (χ1n) is 7.64. The van der Waals surface area contributed by atoms with E-state index in [1.807, 2.05) is 18.2 Å². The molecule has 2 nitrogen and oxygen atoms in total. The van der Waals surface area contributed by atoms with Crippen LogP contribution in [-0.2, 0) is 0 Å². The number of aryl methyl sites for hydroxylation is 1. The summed E-state index contributed by atoms with van der Waals surface area (Å²) in [5.74, 6) is 1.57. The number of nitrogens with one attached hydrogen (secondary N) is 1. The van der Waals surface area contributed by atoms with Gasteiger partial charge in [0.15, 0.2) is 0 Å². The van der Waals surface area contributed by atoms with Crippen LogP contribution in [-0.4, -0.2) is 13.1 Å². The molecular formula is C19H25NO. The van der Waals surface area contributed by atoms with Gasteiger partial charge in [0.1, 0.15) is 11.9 Å². The Bertz CT molecular complexity index is 536. The summed E-state index contributed by atoms with van der Waals surface area (Å²) in [6, 6.07) is 18.6. The first kappa shape index (κ1) is 15.6. The molecule has 0 fully saturated rings. The molecule has 1 N–H and O–H groups in total. The van der Waals surface area contributed by atoms with Crippen molar-refractivity contribution in [3.05, 3.63) is 65.7 Å². The Morgan fingerprint density at radius 2 is 1.71 bits per heavy atom. The molecule has 0 heterocycles. The molecule has 0 amide bonds. The molecule has 0 saturated heterocycles. The van der Waals surface area contributed by atoms with E-state index in [4.69, 9.17) is 4.74 Å². The van der Waals surface area contributed by atoms with Crippen molar-refractivity contribution in [1.29, 1.82) is 0 Å². The molecule has 112 valence electrons. The predicted molar refractivity (Wildman–Crippen MR) is 88.7 cm³/mol. The van der Waals surface area contributed by atoms with Crippen LogP contribution in [0, 0.1) is 12.8 Å². The molecule has 21 heavy (non-hydrogen) atoms. The summed E-state index contributed by atoms with van der Waals surface area (Å²) in [7, 11) is 0. The smallest absolute Gasteiger partial charge is 0.136 e. The van der Waals surface area contributed by atoms with Crippen molar-refractivity contribution < 1.29 is 4.74 Å². The van der Waals surface area contributed by atoms with E-state index in [0.717, 1.165) is 18.8 Å². The average Bonchev–Trinajstić information content (AvgIpc) is 2.47. The quantitative estimate of drug-likeness (QED) is 0.815. The summed E-state index contributed by atoms with van der Waals surface area (Å²) in [6.45, 7) is 8.33. The lowest BCUT2D eigenvalue weighted by Crippen LogP contribution is -2.28. The highest BCUT2D eigenvalue weighted by molar-refractivity contribution is 5.29. The van der Waals surface area contributed by atoms with Gasteiger partial charge in [-0.3, -0.25) is 0 Å². The zero-order valence-corrected chi connectivity index (χ0v) is 13.2. The highest BCUT2D eigenvalue weighted by atomic mass is 16.5. The summed E-state index contributed by atoms with van der Waals surface area (Å²) >= 11 is 0. The number of hydrogen-bond donors (Lipinski definition) is 1. The molecule has 0 bridgehead atoms. The van der Waals surface area contributed by atoms with E-state index in [1.165, 1.54) is 11.1 Å². The molecule has 0 aliphatic carbocycles. The second-order valence-corrected chi connectivity index (χ2v) is 5.89. The average molecular weight is 283 g/mol. The molecule has 0 radical (unpaired) electrons. The minimum Gasteiger partial charge on any atom is -0.484 e. The van der Waals surface area contributed by atoms with Crippen LogP contribution in [0.25, 0.3) is 0 Å². The van der Waals surface area contributed by atoms with Gasteiger partial charge in [-0.2, -0.15) is 0 Å². The highest BCUT2D eigenvalue weighted by Gasteiger charge is 2.13. The maximum atomic E-state index is 6.20. The van der Waals surface area contributed by atoms with Crippen molar-refractivity contribution in [2.75, 3.05) is 13.1 Å². The lowest BCUT2D eigenvalue weighted by atomic mass is 10.1. The highest BCUT2D eigenvalue weighted by Crippen LogP contribution is 2.22. The molecule has 0 aliphatic rings. The van der Waals surface area contributed by atoms with Crippen LogP contribution < -0.4 is 10.1 Å². The molecule has 2 rings (SSSR count). The Morgan fingerprint density at radius 3 is 2.38 bits per heavy atom. The summed E-state index contributed by atoms with van der Waals surface area (Å²) in [6.07, 6.45) is 0.0340. The van der Waals surface area contributed by atoms with E-state index in [-0.39, 0.29) is 6.10 Å². The van der Waals surface area contributed by atoms with Crippen LogP contribution >= 0.6 is 0 Å². The lowest BCUT2D eigenvalue weighted by molar-refractivity contribution is 0.200.